The molecule has 32 heavy (non-hydrogen) atoms. The predicted octanol–water partition coefficient (Wildman–Crippen LogP) is 2.83. The van der Waals surface area contributed by atoms with Crippen LogP contribution in [0.25, 0.3) is 0 Å². The molecule has 0 aliphatic carbocycles. The minimum Gasteiger partial charge on any atom is -0.445 e. The zero-order valence-electron chi connectivity index (χ0n) is 17.1. The van der Waals surface area contributed by atoms with Gasteiger partial charge >= 0.3 is 6.09 Å². The molecule has 0 unspecified atom stereocenters. The second-order valence-corrected chi connectivity index (χ2v) is 8.54. The lowest BCUT2D eigenvalue weighted by molar-refractivity contribution is -0.101. The molecule has 1 aromatic carbocycles. The van der Waals surface area contributed by atoms with Gasteiger partial charge in [-0.05, 0) is 36.2 Å². The molecule has 2 aromatic rings. The molecule has 2 heterocycles. The Labute approximate surface area is 183 Å². The number of anilines is 1. The van der Waals surface area contributed by atoms with Crippen LogP contribution in [0, 0.1) is 11.7 Å². The highest BCUT2D eigenvalue weighted by molar-refractivity contribution is 7.85. The number of alkyl halides is 2. The van der Waals surface area contributed by atoms with Crippen LogP contribution in [0.3, 0.4) is 0 Å². The fourth-order valence-electron chi connectivity index (χ4n) is 2.83. The van der Waals surface area contributed by atoms with Gasteiger partial charge < -0.3 is 15.0 Å². The summed E-state index contributed by atoms with van der Waals surface area (Å²) >= 11 is 0. The summed E-state index contributed by atoms with van der Waals surface area (Å²) in [6, 6.07) is 8.74. The summed E-state index contributed by atoms with van der Waals surface area (Å²) in [6.45, 7) is -0.601. The number of hydrogen-bond acceptors (Lipinski definition) is 7. The summed E-state index contributed by atoms with van der Waals surface area (Å²) in [4.78, 5) is 13.1. The molecule has 0 bridgehead atoms. The van der Waals surface area contributed by atoms with Gasteiger partial charge in [0.15, 0.2) is 0 Å². The Hall–Kier alpha value is -2.93. The van der Waals surface area contributed by atoms with Crippen LogP contribution in [-0.2, 0) is 21.5 Å². The summed E-state index contributed by atoms with van der Waals surface area (Å²) in [5.74, 6) is -3.96. The van der Waals surface area contributed by atoms with Crippen molar-refractivity contribution in [3.05, 3.63) is 54.0 Å². The Bertz CT molecular complexity index is 970. The fraction of sp³-hybridized carbons (Fsp3) is 0.421. The maximum atomic E-state index is 14.4. The topological polar surface area (TPSA) is 122 Å². The van der Waals surface area contributed by atoms with Crippen LogP contribution < -0.4 is 5.32 Å². The van der Waals surface area contributed by atoms with Gasteiger partial charge in [0.2, 0.25) is 0 Å². The predicted molar refractivity (Wildman–Crippen MR) is 109 cm³/mol. The molecule has 2 N–H and O–H groups in total. The van der Waals surface area contributed by atoms with E-state index < -0.39 is 40.4 Å². The van der Waals surface area contributed by atoms with E-state index >= 15 is 0 Å². The molecule has 1 fully saturated rings. The summed E-state index contributed by atoms with van der Waals surface area (Å²) in [5.41, 5.74) is 0.583. The minimum absolute atomic E-state index is 0.0319. The molecule has 0 spiro atoms. The normalized spacial score (nSPS) is 17.7. The molecule has 1 saturated heterocycles. The number of benzene rings is 1. The van der Waals surface area contributed by atoms with Gasteiger partial charge in [-0.3, -0.25) is 4.55 Å². The first-order valence-corrected chi connectivity index (χ1v) is 11.3. The van der Waals surface area contributed by atoms with Crippen molar-refractivity contribution in [2.24, 2.45) is 5.92 Å². The zero-order chi connectivity index (χ0) is 23.8. The fourth-order valence-corrected chi connectivity index (χ4v) is 2.83. The lowest BCUT2D eigenvalue weighted by Crippen LogP contribution is -2.52. The van der Waals surface area contributed by atoms with Gasteiger partial charge in [-0.15, -0.1) is 5.10 Å². The van der Waals surface area contributed by atoms with Gasteiger partial charge in [-0.25, -0.2) is 18.0 Å². The van der Waals surface area contributed by atoms with Crippen molar-refractivity contribution in [3.8, 4) is 0 Å². The number of rotatable bonds is 5. The largest absolute Gasteiger partial charge is 0.445 e. The van der Waals surface area contributed by atoms with E-state index in [1.54, 1.807) is 12.1 Å². The van der Waals surface area contributed by atoms with Crippen LogP contribution in [0.2, 0.25) is 0 Å². The second-order valence-electron chi connectivity index (χ2n) is 7.07. The minimum atomic E-state index is -3.67. The second kappa shape index (κ2) is 11.1. The maximum Gasteiger partial charge on any atom is 0.410 e. The van der Waals surface area contributed by atoms with Gasteiger partial charge in [-0.2, -0.15) is 13.5 Å². The van der Waals surface area contributed by atoms with E-state index in [0.717, 1.165) is 4.90 Å². The van der Waals surface area contributed by atoms with Gasteiger partial charge in [0.25, 0.3) is 16.0 Å². The highest BCUT2D eigenvalue weighted by Crippen LogP contribution is 2.33. The van der Waals surface area contributed by atoms with Crippen molar-refractivity contribution < 1.29 is 35.7 Å². The number of ether oxygens (including phenoxy) is 1. The zero-order valence-corrected chi connectivity index (χ0v) is 17.9. The van der Waals surface area contributed by atoms with Crippen molar-refractivity contribution in [3.63, 3.8) is 0 Å². The Morgan fingerprint density at radius 1 is 1.31 bits per heavy atom. The monoisotopic (exact) mass is 476 g/mol. The molecule has 1 aliphatic rings. The first kappa shape index (κ1) is 25.3. The molecule has 1 amide bonds. The summed E-state index contributed by atoms with van der Waals surface area (Å²) in [5, 5.41) is 10.3. The van der Waals surface area contributed by atoms with Gasteiger partial charge in [0.05, 0.1) is 12.8 Å². The molecular formula is C19H23F3N4O5S. The van der Waals surface area contributed by atoms with E-state index in [0.29, 0.717) is 17.6 Å². The molecule has 13 heteroatoms. The van der Waals surface area contributed by atoms with Gasteiger partial charge in [-0.1, -0.05) is 12.1 Å². The van der Waals surface area contributed by atoms with E-state index in [1.807, 2.05) is 0 Å². The number of halogens is 3. The quantitative estimate of drug-likeness (QED) is 0.632. The molecular weight excluding hydrogens is 453 g/mol. The van der Waals surface area contributed by atoms with E-state index in [4.69, 9.17) is 9.29 Å². The number of amides is 1. The first-order chi connectivity index (χ1) is 14.9. The standard InChI is InChI=1S/C18H19F3N4O2.CH4O3S/c19-15-5-3-13(4-6-15)11-27-17(26)25-9-7-14(18(20,21)12-25)10-22-16-2-1-8-23-24-16;1-5(2,3)4/h1-6,8,14H,7,9-12H2,(H,22,24);1H3,(H,2,3,4)/t14-;/m1./s1. The molecule has 0 saturated carbocycles. The van der Waals surface area contributed by atoms with Crippen molar-refractivity contribution in [1.82, 2.24) is 15.1 Å². The van der Waals surface area contributed by atoms with Gasteiger partial charge in [0, 0.05) is 25.2 Å². The third kappa shape index (κ3) is 9.06. The van der Waals surface area contributed by atoms with Crippen molar-refractivity contribution in [2.45, 2.75) is 19.0 Å². The first-order valence-electron chi connectivity index (χ1n) is 9.42. The van der Waals surface area contributed by atoms with Crippen molar-refractivity contribution in [2.75, 3.05) is 31.2 Å². The van der Waals surface area contributed by atoms with Crippen molar-refractivity contribution in [1.29, 1.82) is 0 Å². The Morgan fingerprint density at radius 3 is 2.53 bits per heavy atom. The molecule has 1 atom stereocenters. The number of carbonyl (C=O) groups excluding carboxylic acids is 1. The lowest BCUT2D eigenvalue weighted by Gasteiger charge is -2.37. The number of carbonyl (C=O) groups is 1. The van der Waals surface area contributed by atoms with Gasteiger partial charge in [0.1, 0.15) is 18.2 Å². The van der Waals surface area contributed by atoms with E-state index in [9.17, 15) is 26.4 Å². The Kier molecular flexibility index (Phi) is 8.78. The molecule has 1 aromatic heterocycles. The molecule has 0 radical (unpaired) electrons. The third-order valence-corrected chi connectivity index (χ3v) is 4.38. The number of aromatic nitrogens is 2. The highest BCUT2D eigenvalue weighted by atomic mass is 32.2. The number of piperidine rings is 1. The molecule has 176 valence electrons. The summed E-state index contributed by atoms with van der Waals surface area (Å²) in [6.07, 6.45) is 1.54. The average molecular weight is 476 g/mol. The number of hydrogen-bond donors (Lipinski definition) is 2. The Balaban J connectivity index is 0.000000654. The number of nitrogens with one attached hydrogen (secondary N) is 1. The molecule has 1 aliphatic heterocycles. The van der Waals surface area contributed by atoms with Crippen LogP contribution in [0.5, 0.6) is 0 Å². The molecule has 3 rings (SSSR count). The average Bonchev–Trinajstić information content (AvgIpc) is 2.71. The van der Waals surface area contributed by atoms with E-state index in [1.165, 1.54) is 30.5 Å². The number of likely N-dealkylation sites (tertiary alicyclic amines) is 1. The van der Waals surface area contributed by atoms with E-state index in [2.05, 4.69) is 15.5 Å². The van der Waals surface area contributed by atoms with Crippen molar-refractivity contribution >= 4 is 22.0 Å². The SMILES string of the molecule is CS(=O)(=O)O.O=C(OCc1ccc(F)cc1)N1CC[C@H](CNc2cccnn2)C(F)(F)C1. The molecule has 9 nitrogen and oxygen atoms in total. The van der Waals surface area contributed by atoms with Crippen LogP contribution in [0.1, 0.15) is 12.0 Å². The van der Waals surface area contributed by atoms with Crippen LogP contribution >= 0.6 is 0 Å². The van der Waals surface area contributed by atoms with Crippen LogP contribution in [0.15, 0.2) is 42.6 Å². The summed E-state index contributed by atoms with van der Waals surface area (Å²) < 4.78 is 72.6. The summed E-state index contributed by atoms with van der Waals surface area (Å²) in [7, 11) is -3.67. The van der Waals surface area contributed by atoms with Crippen LogP contribution in [0.4, 0.5) is 23.8 Å². The Morgan fingerprint density at radius 2 is 1.97 bits per heavy atom. The van der Waals surface area contributed by atoms with E-state index in [-0.39, 0.29) is 26.1 Å². The smallest absolute Gasteiger partial charge is 0.410 e. The maximum absolute atomic E-state index is 14.4. The highest BCUT2D eigenvalue weighted by Gasteiger charge is 2.46. The number of nitrogens with zero attached hydrogens (tertiary/aromatic N) is 3. The third-order valence-electron chi connectivity index (χ3n) is 4.38. The lowest BCUT2D eigenvalue weighted by atomic mass is 9.93. The van der Waals surface area contributed by atoms with Crippen LogP contribution in [-0.4, -0.2) is 66.0 Å².